The highest BCUT2D eigenvalue weighted by Crippen LogP contribution is 2.44. The third-order valence-electron chi connectivity index (χ3n) is 6.71. The van der Waals surface area contributed by atoms with Crippen LogP contribution < -0.4 is 9.47 Å². The molecule has 0 bridgehead atoms. The number of rotatable bonds is 10. The Morgan fingerprint density at radius 1 is 0.463 bits per heavy atom. The molecule has 2 unspecified atom stereocenters. The largest absolute Gasteiger partial charge is 0.457 e. The van der Waals surface area contributed by atoms with Gasteiger partial charge >= 0.3 is 0 Å². The number of ether oxygens (including phenoxy) is 3. The van der Waals surface area contributed by atoms with Gasteiger partial charge in [-0.2, -0.15) is 20.4 Å². The van der Waals surface area contributed by atoms with E-state index in [1.165, 1.54) is 9.59 Å². The lowest BCUT2D eigenvalue weighted by molar-refractivity contribution is -0.201. The molecule has 0 spiro atoms. The predicted molar refractivity (Wildman–Crippen MR) is 153 cm³/mol. The van der Waals surface area contributed by atoms with Crippen molar-refractivity contribution in [3.63, 3.8) is 0 Å². The minimum Gasteiger partial charge on any atom is -0.457 e. The normalized spacial score (nSPS) is 14.1. The number of nitrogens with zero attached hydrogens (tertiary/aromatic N) is 6. The molecule has 9 nitrogen and oxygen atoms in total. The molecule has 0 fully saturated rings. The van der Waals surface area contributed by atoms with Crippen LogP contribution in [0.15, 0.2) is 134 Å². The first-order chi connectivity index (χ1) is 20.1. The Morgan fingerprint density at radius 3 is 1.20 bits per heavy atom. The Balaban J connectivity index is 1.50. The smallest absolute Gasteiger partial charge is 0.209 e. The minimum atomic E-state index is -1.29. The van der Waals surface area contributed by atoms with Crippen LogP contribution in [0.2, 0.25) is 0 Å². The lowest BCUT2D eigenvalue weighted by Gasteiger charge is -2.40. The molecule has 41 heavy (non-hydrogen) atoms. The average molecular weight is 545 g/mol. The van der Waals surface area contributed by atoms with Gasteiger partial charge in [-0.25, -0.2) is 0 Å². The van der Waals surface area contributed by atoms with E-state index >= 15 is 0 Å². The van der Waals surface area contributed by atoms with E-state index in [0.717, 1.165) is 0 Å². The molecule has 2 heterocycles. The molecule has 6 rings (SSSR count). The first-order valence-corrected chi connectivity index (χ1v) is 13.1. The second-order valence-corrected chi connectivity index (χ2v) is 9.53. The maximum absolute atomic E-state index is 7.16. The second-order valence-electron chi connectivity index (χ2n) is 9.53. The van der Waals surface area contributed by atoms with Gasteiger partial charge in [0.1, 0.15) is 23.0 Å². The van der Waals surface area contributed by atoms with Crippen LogP contribution in [-0.4, -0.2) is 30.0 Å². The van der Waals surface area contributed by atoms with Crippen molar-refractivity contribution in [1.82, 2.24) is 30.0 Å². The van der Waals surface area contributed by atoms with Crippen molar-refractivity contribution in [3.8, 4) is 23.0 Å². The summed E-state index contributed by atoms with van der Waals surface area (Å²) in [5.74, 6) is 2.55. The standard InChI is InChI=1S/C32H28N6O3/c1-31(37-33-21-22-34-37,27-17-9-11-19-29(27)39-25-13-5-3-6-14-25)41-32(2,38-35-23-24-36-38)28-18-10-12-20-30(28)40-26-15-7-4-8-16-26/h3-24H,1-2H3. The molecule has 0 amide bonds. The summed E-state index contributed by atoms with van der Waals surface area (Å²) in [4.78, 5) is 3.03. The first-order valence-electron chi connectivity index (χ1n) is 13.1. The molecule has 0 aliphatic heterocycles. The molecule has 0 N–H and O–H groups in total. The van der Waals surface area contributed by atoms with Gasteiger partial charge in [0.15, 0.2) is 0 Å². The first kappa shape index (κ1) is 26.0. The second kappa shape index (κ2) is 11.1. The molecule has 0 saturated heterocycles. The molecule has 2 atom stereocenters. The molecule has 0 saturated carbocycles. The van der Waals surface area contributed by atoms with E-state index in [2.05, 4.69) is 20.4 Å². The lowest BCUT2D eigenvalue weighted by atomic mass is 9.99. The van der Waals surface area contributed by atoms with Gasteiger partial charge < -0.3 is 14.2 Å². The van der Waals surface area contributed by atoms with Crippen LogP contribution in [-0.2, 0) is 16.2 Å². The zero-order valence-corrected chi connectivity index (χ0v) is 22.6. The maximum atomic E-state index is 7.16. The highest BCUT2D eigenvalue weighted by molar-refractivity contribution is 5.43. The number of para-hydroxylation sites is 4. The zero-order valence-electron chi connectivity index (χ0n) is 22.6. The third kappa shape index (κ3) is 5.18. The fraction of sp³-hybridized carbons (Fsp3) is 0.125. The van der Waals surface area contributed by atoms with Crippen LogP contribution in [0.5, 0.6) is 23.0 Å². The molecule has 0 radical (unpaired) electrons. The highest BCUT2D eigenvalue weighted by atomic mass is 16.6. The monoisotopic (exact) mass is 544 g/mol. The van der Waals surface area contributed by atoms with Crippen LogP contribution in [0.3, 0.4) is 0 Å². The Kier molecular flexibility index (Phi) is 7.01. The summed E-state index contributed by atoms with van der Waals surface area (Å²) in [5.41, 5.74) is -1.20. The summed E-state index contributed by atoms with van der Waals surface area (Å²) in [5, 5.41) is 18.0. The molecule has 2 aromatic heterocycles. The summed E-state index contributed by atoms with van der Waals surface area (Å²) in [7, 11) is 0. The average Bonchev–Trinajstić information content (AvgIpc) is 3.75. The van der Waals surface area contributed by atoms with Gasteiger partial charge in [0.2, 0.25) is 11.4 Å². The summed E-state index contributed by atoms with van der Waals surface area (Å²) >= 11 is 0. The molecule has 204 valence electrons. The van der Waals surface area contributed by atoms with Gasteiger partial charge in [0.25, 0.3) is 0 Å². The van der Waals surface area contributed by atoms with Crippen molar-refractivity contribution < 1.29 is 14.2 Å². The van der Waals surface area contributed by atoms with Crippen molar-refractivity contribution in [1.29, 1.82) is 0 Å². The van der Waals surface area contributed by atoms with Gasteiger partial charge in [0.05, 0.1) is 35.9 Å². The molecule has 0 aliphatic rings. The zero-order chi connectivity index (χ0) is 28.1. The van der Waals surface area contributed by atoms with Crippen molar-refractivity contribution in [2.45, 2.75) is 25.3 Å². The Bertz CT molecular complexity index is 1570. The van der Waals surface area contributed by atoms with E-state index < -0.39 is 11.4 Å². The fourth-order valence-electron chi connectivity index (χ4n) is 4.77. The fourth-order valence-corrected chi connectivity index (χ4v) is 4.77. The number of hydrogen-bond acceptors (Lipinski definition) is 7. The van der Waals surface area contributed by atoms with E-state index in [4.69, 9.17) is 14.2 Å². The van der Waals surface area contributed by atoms with Crippen LogP contribution in [0, 0.1) is 0 Å². The molecule has 9 heteroatoms. The molecule has 6 aromatic rings. The van der Waals surface area contributed by atoms with Crippen LogP contribution in [0.25, 0.3) is 0 Å². The summed E-state index contributed by atoms with van der Waals surface area (Å²) < 4.78 is 19.9. The molecule has 0 aliphatic carbocycles. The van der Waals surface area contributed by atoms with Crippen molar-refractivity contribution in [2.75, 3.05) is 0 Å². The van der Waals surface area contributed by atoms with Gasteiger partial charge in [-0.05, 0) is 50.2 Å². The Hall–Kier alpha value is -5.28. The number of aromatic nitrogens is 6. The quantitative estimate of drug-likeness (QED) is 0.192. The third-order valence-corrected chi connectivity index (χ3v) is 6.71. The molecular formula is C32H28N6O3. The van der Waals surface area contributed by atoms with Gasteiger partial charge in [0, 0.05) is 0 Å². The molecule has 4 aromatic carbocycles. The number of hydrogen-bond donors (Lipinski definition) is 0. The van der Waals surface area contributed by atoms with E-state index in [0.29, 0.717) is 34.1 Å². The topological polar surface area (TPSA) is 89.1 Å². The van der Waals surface area contributed by atoms with E-state index in [-0.39, 0.29) is 0 Å². The van der Waals surface area contributed by atoms with Crippen molar-refractivity contribution >= 4 is 0 Å². The van der Waals surface area contributed by atoms with E-state index in [1.807, 2.05) is 123 Å². The lowest BCUT2D eigenvalue weighted by Crippen LogP contribution is -2.48. The summed E-state index contributed by atoms with van der Waals surface area (Å²) in [6.45, 7) is 3.78. The maximum Gasteiger partial charge on any atom is 0.209 e. The van der Waals surface area contributed by atoms with Crippen molar-refractivity contribution in [2.24, 2.45) is 0 Å². The summed E-state index contributed by atoms with van der Waals surface area (Å²) in [6.07, 6.45) is 6.44. The van der Waals surface area contributed by atoms with Crippen LogP contribution >= 0.6 is 0 Å². The van der Waals surface area contributed by atoms with Gasteiger partial charge in [-0.3, -0.25) is 0 Å². The van der Waals surface area contributed by atoms with Gasteiger partial charge in [-0.15, -0.1) is 9.59 Å². The Labute approximate surface area is 237 Å². The predicted octanol–water partition coefficient (Wildman–Crippen LogP) is 6.61. The minimum absolute atomic E-state index is 0.586. The highest BCUT2D eigenvalue weighted by Gasteiger charge is 2.46. The van der Waals surface area contributed by atoms with E-state index in [9.17, 15) is 0 Å². The molecular weight excluding hydrogens is 516 g/mol. The van der Waals surface area contributed by atoms with Crippen LogP contribution in [0.4, 0.5) is 0 Å². The number of benzene rings is 4. The van der Waals surface area contributed by atoms with Gasteiger partial charge in [-0.1, -0.05) is 72.8 Å². The summed E-state index contributed by atoms with van der Waals surface area (Å²) in [6, 6.07) is 34.5. The Morgan fingerprint density at radius 2 is 0.805 bits per heavy atom. The van der Waals surface area contributed by atoms with Crippen LogP contribution in [0.1, 0.15) is 25.0 Å². The van der Waals surface area contributed by atoms with E-state index in [1.54, 1.807) is 24.8 Å². The SMILES string of the molecule is CC(OC(C)(c1ccccc1Oc1ccccc1)n1nccn1)(c1ccccc1Oc1ccccc1)n1nccn1. The van der Waals surface area contributed by atoms with Crippen molar-refractivity contribution in [3.05, 3.63) is 145 Å².